The van der Waals surface area contributed by atoms with Gasteiger partial charge in [0.1, 0.15) is 17.7 Å². The monoisotopic (exact) mass is 312 g/mol. The van der Waals surface area contributed by atoms with E-state index >= 15 is 0 Å². The molecule has 0 saturated heterocycles. The minimum absolute atomic E-state index is 0.570. The fourth-order valence-electron chi connectivity index (χ4n) is 2.45. The lowest BCUT2D eigenvalue weighted by atomic mass is 10.1. The first-order valence-electron chi connectivity index (χ1n) is 7.37. The van der Waals surface area contributed by atoms with Crippen LogP contribution >= 0.6 is 0 Å². The van der Waals surface area contributed by atoms with E-state index in [0.717, 1.165) is 16.8 Å². The van der Waals surface area contributed by atoms with Gasteiger partial charge in [0.05, 0.1) is 11.6 Å². The summed E-state index contributed by atoms with van der Waals surface area (Å²) in [5.41, 5.74) is 3.64. The summed E-state index contributed by atoms with van der Waals surface area (Å²) in [4.78, 5) is 16.3. The highest BCUT2D eigenvalue weighted by Crippen LogP contribution is 2.25. The highest BCUT2D eigenvalue weighted by atomic mass is 15.1. The molecule has 0 fully saturated rings. The molecule has 0 radical (unpaired) electrons. The van der Waals surface area contributed by atoms with Crippen LogP contribution in [0.1, 0.15) is 5.56 Å². The molecule has 0 unspecified atom stereocenters. The summed E-state index contributed by atoms with van der Waals surface area (Å²) >= 11 is 0. The number of fused-ring (bicyclic) bond motifs is 1. The summed E-state index contributed by atoms with van der Waals surface area (Å²) in [5, 5.41) is 12.3. The molecule has 2 aromatic carbocycles. The Balaban J connectivity index is 1.78. The number of benzene rings is 2. The number of nitrogens with zero attached hydrogens (tertiary/aromatic N) is 4. The Bertz CT molecular complexity index is 1050. The van der Waals surface area contributed by atoms with E-state index in [-0.39, 0.29) is 0 Å². The van der Waals surface area contributed by atoms with Gasteiger partial charge < -0.3 is 10.3 Å². The SMILES string of the molecule is N#Cc1cccc(-c2nc3ncnc(Nc4ccccc4)c3[nH]2)c1. The minimum atomic E-state index is 0.570. The van der Waals surface area contributed by atoms with E-state index in [1.54, 1.807) is 12.1 Å². The molecule has 2 heterocycles. The van der Waals surface area contributed by atoms with Crippen molar-refractivity contribution >= 4 is 22.7 Å². The highest BCUT2D eigenvalue weighted by molar-refractivity contribution is 5.87. The van der Waals surface area contributed by atoms with E-state index in [2.05, 4.69) is 31.3 Å². The van der Waals surface area contributed by atoms with E-state index in [0.29, 0.717) is 22.9 Å². The topological polar surface area (TPSA) is 90.3 Å². The third kappa shape index (κ3) is 2.55. The third-order valence-electron chi connectivity index (χ3n) is 3.59. The Kier molecular flexibility index (Phi) is 3.37. The van der Waals surface area contributed by atoms with Crippen LogP contribution in [0.15, 0.2) is 60.9 Å². The second-order valence-corrected chi connectivity index (χ2v) is 5.19. The number of hydrogen-bond donors (Lipinski definition) is 2. The van der Waals surface area contributed by atoms with Crippen LogP contribution < -0.4 is 5.32 Å². The standard InChI is InChI=1S/C18H12N6/c19-10-12-5-4-6-13(9-12)16-23-15-17(20-11-21-18(15)24-16)22-14-7-2-1-3-8-14/h1-9,11H,(H2,20,21,22,23,24). The Hall–Kier alpha value is -3.72. The number of imidazole rings is 1. The van der Waals surface area contributed by atoms with Gasteiger partial charge >= 0.3 is 0 Å². The van der Waals surface area contributed by atoms with Gasteiger partial charge in [0, 0.05) is 11.3 Å². The number of anilines is 2. The molecular formula is C18H12N6. The van der Waals surface area contributed by atoms with Crippen molar-refractivity contribution in [3.8, 4) is 17.5 Å². The molecule has 0 aliphatic carbocycles. The Morgan fingerprint density at radius 1 is 1.00 bits per heavy atom. The first kappa shape index (κ1) is 13.9. The maximum atomic E-state index is 9.04. The fourth-order valence-corrected chi connectivity index (χ4v) is 2.45. The molecule has 2 N–H and O–H groups in total. The van der Waals surface area contributed by atoms with Crippen LogP contribution in [0.3, 0.4) is 0 Å². The number of aromatic amines is 1. The van der Waals surface area contributed by atoms with Crippen LogP contribution in [-0.2, 0) is 0 Å². The number of nitrogens with one attached hydrogen (secondary N) is 2. The maximum absolute atomic E-state index is 9.04. The number of H-pyrrole nitrogens is 1. The molecule has 114 valence electrons. The maximum Gasteiger partial charge on any atom is 0.183 e. The number of hydrogen-bond acceptors (Lipinski definition) is 5. The summed E-state index contributed by atoms with van der Waals surface area (Å²) in [5.74, 6) is 1.31. The lowest BCUT2D eigenvalue weighted by Gasteiger charge is -2.05. The summed E-state index contributed by atoms with van der Waals surface area (Å²) < 4.78 is 0. The average Bonchev–Trinajstić information content (AvgIpc) is 3.08. The number of para-hydroxylation sites is 1. The van der Waals surface area contributed by atoms with Gasteiger partial charge in [-0.2, -0.15) is 5.26 Å². The second kappa shape index (κ2) is 5.82. The average molecular weight is 312 g/mol. The predicted octanol–water partition coefficient (Wildman–Crippen LogP) is 3.64. The summed E-state index contributed by atoms with van der Waals surface area (Å²) in [6.45, 7) is 0. The van der Waals surface area contributed by atoms with E-state index in [9.17, 15) is 0 Å². The molecule has 0 spiro atoms. The van der Waals surface area contributed by atoms with E-state index in [4.69, 9.17) is 5.26 Å². The lowest BCUT2D eigenvalue weighted by molar-refractivity contribution is 1.20. The van der Waals surface area contributed by atoms with Gasteiger partial charge in [-0.05, 0) is 24.3 Å². The van der Waals surface area contributed by atoms with Crippen molar-refractivity contribution in [1.82, 2.24) is 19.9 Å². The first-order valence-corrected chi connectivity index (χ1v) is 7.37. The van der Waals surface area contributed by atoms with Crippen molar-refractivity contribution in [3.63, 3.8) is 0 Å². The normalized spacial score (nSPS) is 10.5. The molecule has 0 amide bonds. The van der Waals surface area contributed by atoms with E-state index in [1.807, 2.05) is 42.5 Å². The summed E-state index contributed by atoms with van der Waals surface area (Å²) in [6, 6.07) is 19.2. The molecule has 2 aromatic heterocycles. The minimum Gasteiger partial charge on any atom is -0.338 e. The Labute approximate surface area is 137 Å². The number of nitriles is 1. The summed E-state index contributed by atoms with van der Waals surface area (Å²) in [6.07, 6.45) is 1.48. The van der Waals surface area contributed by atoms with Gasteiger partial charge in [-0.3, -0.25) is 0 Å². The molecular weight excluding hydrogens is 300 g/mol. The Morgan fingerprint density at radius 2 is 1.88 bits per heavy atom. The summed E-state index contributed by atoms with van der Waals surface area (Å²) in [7, 11) is 0. The lowest BCUT2D eigenvalue weighted by Crippen LogP contribution is -1.95. The first-order chi connectivity index (χ1) is 11.8. The van der Waals surface area contributed by atoms with Gasteiger partial charge in [-0.15, -0.1) is 0 Å². The highest BCUT2D eigenvalue weighted by Gasteiger charge is 2.11. The molecule has 0 atom stereocenters. The molecule has 4 aromatic rings. The van der Waals surface area contributed by atoms with Crippen LogP contribution in [0.5, 0.6) is 0 Å². The molecule has 0 aliphatic heterocycles. The van der Waals surface area contributed by atoms with Crippen molar-refractivity contribution in [3.05, 3.63) is 66.5 Å². The zero-order valence-corrected chi connectivity index (χ0v) is 12.6. The molecule has 6 heteroatoms. The van der Waals surface area contributed by atoms with Crippen molar-refractivity contribution in [1.29, 1.82) is 5.26 Å². The van der Waals surface area contributed by atoms with Gasteiger partial charge in [-0.25, -0.2) is 15.0 Å². The largest absolute Gasteiger partial charge is 0.338 e. The van der Waals surface area contributed by atoms with Crippen LogP contribution in [0.25, 0.3) is 22.6 Å². The second-order valence-electron chi connectivity index (χ2n) is 5.19. The van der Waals surface area contributed by atoms with Crippen molar-refractivity contribution in [2.75, 3.05) is 5.32 Å². The zero-order chi connectivity index (χ0) is 16.4. The quantitative estimate of drug-likeness (QED) is 0.603. The van der Waals surface area contributed by atoms with Crippen molar-refractivity contribution in [2.45, 2.75) is 0 Å². The third-order valence-corrected chi connectivity index (χ3v) is 3.59. The van der Waals surface area contributed by atoms with Crippen LogP contribution in [-0.4, -0.2) is 19.9 Å². The molecule has 24 heavy (non-hydrogen) atoms. The van der Waals surface area contributed by atoms with Crippen LogP contribution in [0.2, 0.25) is 0 Å². The molecule has 6 nitrogen and oxygen atoms in total. The molecule has 0 bridgehead atoms. The van der Waals surface area contributed by atoms with Gasteiger partial charge in [0.2, 0.25) is 0 Å². The van der Waals surface area contributed by atoms with Gasteiger partial charge in [-0.1, -0.05) is 30.3 Å². The van der Waals surface area contributed by atoms with Gasteiger partial charge in [0.25, 0.3) is 0 Å². The van der Waals surface area contributed by atoms with Crippen LogP contribution in [0, 0.1) is 11.3 Å². The number of aromatic nitrogens is 4. The predicted molar refractivity (Wildman–Crippen MR) is 91.6 cm³/mol. The van der Waals surface area contributed by atoms with E-state index in [1.165, 1.54) is 6.33 Å². The Morgan fingerprint density at radius 3 is 2.71 bits per heavy atom. The van der Waals surface area contributed by atoms with Crippen molar-refractivity contribution in [2.24, 2.45) is 0 Å². The van der Waals surface area contributed by atoms with Crippen molar-refractivity contribution < 1.29 is 0 Å². The van der Waals surface area contributed by atoms with Crippen LogP contribution in [0.4, 0.5) is 11.5 Å². The smallest absolute Gasteiger partial charge is 0.183 e. The number of rotatable bonds is 3. The molecule has 0 aliphatic rings. The van der Waals surface area contributed by atoms with E-state index < -0.39 is 0 Å². The van der Waals surface area contributed by atoms with Gasteiger partial charge in [0.15, 0.2) is 11.5 Å². The fraction of sp³-hybridized carbons (Fsp3) is 0. The molecule has 4 rings (SSSR count). The molecule has 0 saturated carbocycles. The zero-order valence-electron chi connectivity index (χ0n) is 12.6.